The molecule has 0 amide bonds. The molecular weight excluding hydrogens is 344 g/mol. The highest BCUT2D eigenvalue weighted by molar-refractivity contribution is 7.12. The number of carbonyl (C=O) groups excluding carboxylic acids is 1. The molecule has 0 aliphatic rings. The molecule has 1 heterocycles. The summed E-state index contributed by atoms with van der Waals surface area (Å²) in [7, 11) is 1.45. The molecule has 1 aromatic rings. The largest absolute Gasteiger partial charge is 0.469 e. The number of carbonyl (C=O) groups is 1. The molecule has 3 nitrogen and oxygen atoms in total. The predicted molar refractivity (Wildman–Crippen MR) is 112 cm³/mol. The van der Waals surface area contributed by atoms with Gasteiger partial charge >= 0.3 is 5.97 Å². The number of methoxy groups -OCH3 is 1. The first-order valence-electron chi connectivity index (χ1n) is 10.2. The van der Waals surface area contributed by atoms with Gasteiger partial charge in [-0.15, -0.1) is 11.3 Å². The summed E-state index contributed by atoms with van der Waals surface area (Å²) < 4.78 is 4.64. The Labute approximate surface area is 163 Å². The van der Waals surface area contributed by atoms with Crippen molar-refractivity contribution in [1.29, 1.82) is 0 Å². The summed E-state index contributed by atoms with van der Waals surface area (Å²) in [6, 6.07) is 4.37. The average molecular weight is 381 g/mol. The molecule has 1 atom stereocenters. The van der Waals surface area contributed by atoms with Crippen LogP contribution in [0, 0.1) is 0 Å². The number of esters is 1. The summed E-state index contributed by atoms with van der Waals surface area (Å²) >= 11 is 1.83. The van der Waals surface area contributed by atoms with Crippen molar-refractivity contribution in [2.24, 2.45) is 0 Å². The van der Waals surface area contributed by atoms with Crippen molar-refractivity contribution in [2.45, 2.75) is 90.1 Å². The van der Waals surface area contributed by atoms with Gasteiger partial charge in [0.2, 0.25) is 0 Å². The molecule has 0 aromatic carbocycles. The molecule has 0 saturated carbocycles. The maximum absolute atomic E-state index is 11.0. The molecule has 1 aromatic heterocycles. The molecule has 26 heavy (non-hydrogen) atoms. The fourth-order valence-electron chi connectivity index (χ4n) is 2.90. The zero-order chi connectivity index (χ0) is 19.0. The third-order valence-corrected chi connectivity index (χ3v) is 5.66. The van der Waals surface area contributed by atoms with Gasteiger partial charge in [0.25, 0.3) is 0 Å². The van der Waals surface area contributed by atoms with Crippen LogP contribution in [0.4, 0.5) is 0 Å². The third-order valence-electron chi connectivity index (χ3n) is 4.55. The highest BCUT2D eigenvalue weighted by Crippen LogP contribution is 2.21. The smallest absolute Gasteiger partial charge is 0.305 e. The summed E-state index contributed by atoms with van der Waals surface area (Å²) in [5.41, 5.74) is 0. The molecule has 0 radical (unpaired) electrons. The van der Waals surface area contributed by atoms with E-state index in [2.05, 4.69) is 29.9 Å². The number of aliphatic hydroxyl groups is 1. The number of aryl methyl sites for hydroxylation is 1. The van der Waals surface area contributed by atoms with E-state index in [1.165, 1.54) is 55.4 Å². The third kappa shape index (κ3) is 11.5. The van der Waals surface area contributed by atoms with Crippen LogP contribution in [-0.4, -0.2) is 24.3 Å². The second-order valence-corrected chi connectivity index (χ2v) is 8.12. The second kappa shape index (κ2) is 15.0. The van der Waals surface area contributed by atoms with Crippen molar-refractivity contribution in [3.8, 4) is 0 Å². The van der Waals surface area contributed by atoms with Crippen LogP contribution in [0.2, 0.25) is 0 Å². The van der Waals surface area contributed by atoms with Gasteiger partial charge in [-0.25, -0.2) is 0 Å². The molecular formula is C22H36O3S. The van der Waals surface area contributed by atoms with Gasteiger partial charge < -0.3 is 9.84 Å². The van der Waals surface area contributed by atoms with Crippen LogP contribution in [0.5, 0.6) is 0 Å². The van der Waals surface area contributed by atoms with Gasteiger partial charge in [0.15, 0.2) is 0 Å². The molecule has 1 N–H and O–H groups in total. The zero-order valence-corrected chi connectivity index (χ0v) is 17.4. The molecule has 0 aliphatic carbocycles. The number of unbranched alkanes of at least 4 members (excludes halogenated alkanes) is 7. The van der Waals surface area contributed by atoms with Crippen LogP contribution in [0.15, 0.2) is 18.2 Å². The lowest BCUT2D eigenvalue weighted by Gasteiger charge is -2.03. The maximum atomic E-state index is 11.0. The molecule has 0 fully saturated rings. The van der Waals surface area contributed by atoms with E-state index in [0.29, 0.717) is 6.42 Å². The molecule has 1 rings (SSSR count). The lowest BCUT2D eigenvalue weighted by Crippen LogP contribution is -2.00. The van der Waals surface area contributed by atoms with Gasteiger partial charge in [-0.3, -0.25) is 4.79 Å². The number of aliphatic hydroxyl groups excluding tert-OH is 1. The van der Waals surface area contributed by atoms with Gasteiger partial charge in [-0.05, 0) is 43.9 Å². The lowest BCUT2D eigenvalue weighted by molar-refractivity contribution is -0.140. The van der Waals surface area contributed by atoms with E-state index < -0.39 is 0 Å². The number of ether oxygens (including phenoxy) is 1. The summed E-state index contributed by atoms with van der Waals surface area (Å²) in [4.78, 5) is 13.7. The van der Waals surface area contributed by atoms with Crippen LogP contribution in [-0.2, 0) is 16.0 Å². The van der Waals surface area contributed by atoms with Gasteiger partial charge in [-0.2, -0.15) is 0 Å². The van der Waals surface area contributed by atoms with Crippen molar-refractivity contribution in [3.05, 3.63) is 28.0 Å². The molecule has 0 aliphatic heterocycles. The Balaban J connectivity index is 2.09. The fourth-order valence-corrected chi connectivity index (χ4v) is 3.87. The van der Waals surface area contributed by atoms with Crippen LogP contribution in [0.3, 0.4) is 0 Å². The van der Waals surface area contributed by atoms with Crippen LogP contribution >= 0.6 is 11.3 Å². The normalized spacial score (nSPS) is 12.6. The first-order valence-corrected chi connectivity index (χ1v) is 11.0. The average Bonchev–Trinajstić information content (AvgIpc) is 3.10. The highest BCUT2D eigenvalue weighted by Gasteiger charge is 2.02. The lowest BCUT2D eigenvalue weighted by atomic mass is 10.1. The Morgan fingerprint density at radius 1 is 1.12 bits per heavy atom. The summed E-state index contributed by atoms with van der Waals surface area (Å²) in [6.07, 6.45) is 16.7. The molecule has 0 bridgehead atoms. The van der Waals surface area contributed by atoms with Gasteiger partial charge in [0.1, 0.15) is 0 Å². The van der Waals surface area contributed by atoms with E-state index in [-0.39, 0.29) is 12.1 Å². The summed E-state index contributed by atoms with van der Waals surface area (Å²) in [5.74, 6) is -0.0963. The minimum atomic E-state index is -0.314. The standard InChI is InChI=1S/C22H36O3S/c1-3-4-9-12-19(23)15-16-21-18-17-20(26-21)13-10-7-5-6-8-11-14-22(24)25-2/h15-19,23H,3-14H2,1-2H3. The first-order chi connectivity index (χ1) is 12.7. The number of thiophene rings is 1. The van der Waals surface area contributed by atoms with Crippen LogP contribution in [0.25, 0.3) is 6.08 Å². The SMILES string of the molecule is CCCCCC(O)C=Cc1ccc(CCCCCCCCC(=O)OC)s1. The van der Waals surface area contributed by atoms with Crippen molar-refractivity contribution >= 4 is 23.4 Å². The number of hydrogen-bond donors (Lipinski definition) is 1. The zero-order valence-electron chi connectivity index (χ0n) is 16.5. The molecule has 4 heteroatoms. The van der Waals surface area contributed by atoms with Crippen molar-refractivity contribution in [2.75, 3.05) is 7.11 Å². The van der Waals surface area contributed by atoms with Gasteiger partial charge in [0.05, 0.1) is 13.2 Å². The number of rotatable bonds is 15. The predicted octanol–water partition coefficient (Wildman–Crippen LogP) is 6.15. The van der Waals surface area contributed by atoms with E-state index in [1.807, 2.05) is 17.4 Å². The quantitative estimate of drug-likeness (QED) is 0.293. The highest BCUT2D eigenvalue weighted by atomic mass is 32.1. The van der Waals surface area contributed by atoms with Crippen LogP contribution in [0.1, 0.15) is 87.3 Å². The van der Waals surface area contributed by atoms with Crippen molar-refractivity contribution in [3.63, 3.8) is 0 Å². The Morgan fingerprint density at radius 3 is 2.58 bits per heavy atom. The Morgan fingerprint density at radius 2 is 1.85 bits per heavy atom. The fraction of sp³-hybridized carbons (Fsp3) is 0.682. The Bertz CT molecular complexity index is 507. The van der Waals surface area contributed by atoms with Crippen molar-refractivity contribution < 1.29 is 14.6 Å². The van der Waals surface area contributed by atoms with Crippen molar-refractivity contribution in [1.82, 2.24) is 0 Å². The van der Waals surface area contributed by atoms with E-state index in [9.17, 15) is 9.90 Å². The van der Waals surface area contributed by atoms with E-state index in [4.69, 9.17) is 0 Å². The molecule has 148 valence electrons. The van der Waals surface area contributed by atoms with Gasteiger partial charge in [-0.1, -0.05) is 57.9 Å². The monoisotopic (exact) mass is 380 g/mol. The topological polar surface area (TPSA) is 46.5 Å². The molecule has 1 unspecified atom stereocenters. The molecule has 0 spiro atoms. The maximum Gasteiger partial charge on any atom is 0.305 e. The van der Waals surface area contributed by atoms with E-state index in [0.717, 1.165) is 32.1 Å². The summed E-state index contributed by atoms with van der Waals surface area (Å²) in [5, 5.41) is 9.94. The van der Waals surface area contributed by atoms with Gasteiger partial charge in [0, 0.05) is 16.2 Å². The minimum absolute atomic E-state index is 0.0963. The molecule has 0 saturated heterocycles. The Kier molecular flexibility index (Phi) is 13.2. The number of hydrogen-bond acceptors (Lipinski definition) is 4. The van der Waals surface area contributed by atoms with Crippen LogP contribution < -0.4 is 0 Å². The first kappa shape index (κ1) is 22.9. The van der Waals surface area contributed by atoms with E-state index >= 15 is 0 Å². The summed E-state index contributed by atoms with van der Waals surface area (Å²) in [6.45, 7) is 2.18. The van der Waals surface area contributed by atoms with E-state index in [1.54, 1.807) is 0 Å². The Hall–Kier alpha value is -1.13. The minimum Gasteiger partial charge on any atom is -0.469 e. The second-order valence-electron chi connectivity index (χ2n) is 6.92.